The molecule has 3 N–H and O–H groups in total. The Morgan fingerprint density at radius 1 is 1.20 bits per heavy atom. The summed E-state index contributed by atoms with van der Waals surface area (Å²) >= 11 is 0. The van der Waals surface area contributed by atoms with Gasteiger partial charge in [0.25, 0.3) is 5.91 Å². The SMILES string of the molecule is [2H]C([2H])([2H])NC(=O)c1nnc(NC(=O)C2CC2)cc1Nc1cccc(-c2noc(C(=O)N(C)C)n2)c1OC. The monoisotopic (exact) mass is 483 g/mol. The first-order chi connectivity index (χ1) is 18.0. The number of benzene rings is 1. The topological polar surface area (TPSA) is 164 Å². The fourth-order valence-electron chi connectivity index (χ4n) is 3.14. The summed E-state index contributed by atoms with van der Waals surface area (Å²) in [5.74, 6) is -1.70. The van der Waals surface area contributed by atoms with Crippen LogP contribution in [0.25, 0.3) is 11.4 Å². The van der Waals surface area contributed by atoms with Crippen LogP contribution in [0.4, 0.5) is 17.2 Å². The van der Waals surface area contributed by atoms with Crippen molar-refractivity contribution in [2.75, 3.05) is 38.8 Å². The van der Waals surface area contributed by atoms with E-state index < -0.39 is 18.8 Å². The van der Waals surface area contributed by atoms with Crippen LogP contribution >= 0.6 is 0 Å². The van der Waals surface area contributed by atoms with Crippen molar-refractivity contribution in [3.05, 3.63) is 35.9 Å². The van der Waals surface area contributed by atoms with E-state index in [1.54, 1.807) is 32.3 Å². The van der Waals surface area contributed by atoms with Gasteiger partial charge >= 0.3 is 11.8 Å². The summed E-state index contributed by atoms with van der Waals surface area (Å²) in [6.07, 6.45) is 1.54. The molecule has 0 atom stereocenters. The highest BCUT2D eigenvalue weighted by molar-refractivity contribution is 6.00. The number of ether oxygens (including phenoxy) is 1. The summed E-state index contributed by atoms with van der Waals surface area (Å²) in [7, 11) is 4.48. The number of methoxy groups -OCH3 is 1. The lowest BCUT2D eigenvalue weighted by Crippen LogP contribution is -2.22. The van der Waals surface area contributed by atoms with Crippen LogP contribution in [0.15, 0.2) is 28.8 Å². The number of para-hydroxylation sites is 1. The maximum absolute atomic E-state index is 12.7. The molecular formula is C22H24N8O5. The van der Waals surface area contributed by atoms with Crippen molar-refractivity contribution in [2.24, 2.45) is 5.92 Å². The molecule has 13 nitrogen and oxygen atoms in total. The fourth-order valence-corrected chi connectivity index (χ4v) is 3.14. The number of hydrogen-bond donors (Lipinski definition) is 3. The standard InChI is InChI=1S/C22H24N8O5/c1-23-20(32)16-14(10-15(27-28-16)25-19(31)11-8-9-11)24-13-7-5-6-12(17(13)34-4)18-26-21(35-29-18)22(33)30(2)3/h5-7,10-11H,8-9H2,1-4H3,(H,23,32)(H2,24,25,27,31)/i1D3. The molecule has 1 fully saturated rings. The van der Waals surface area contributed by atoms with Gasteiger partial charge in [0.1, 0.15) is 0 Å². The first-order valence-electron chi connectivity index (χ1n) is 12.0. The van der Waals surface area contributed by atoms with Gasteiger partial charge in [-0.1, -0.05) is 11.2 Å². The third-order valence-electron chi connectivity index (χ3n) is 5.07. The first-order valence-corrected chi connectivity index (χ1v) is 10.5. The van der Waals surface area contributed by atoms with E-state index in [1.165, 1.54) is 18.1 Å². The van der Waals surface area contributed by atoms with E-state index in [-0.39, 0.29) is 46.5 Å². The fraction of sp³-hybridized carbons (Fsp3) is 0.318. The Morgan fingerprint density at radius 2 is 2.00 bits per heavy atom. The number of rotatable bonds is 8. The number of hydrogen-bond acceptors (Lipinski definition) is 10. The lowest BCUT2D eigenvalue weighted by Gasteiger charge is -2.16. The molecule has 0 saturated heterocycles. The van der Waals surface area contributed by atoms with E-state index in [0.717, 1.165) is 12.8 Å². The van der Waals surface area contributed by atoms with Gasteiger partial charge in [-0.3, -0.25) is 14.4 Å². The zero-order valence-electron chi connectivity index (χ0n) is 22.1. The second-order valence-electron chi connectivity index (χ2n) is 7.84. The van der Waals surface area contributed by atoms with Gasteiger partial charge in [-0.25, -0.2) is 0 Å². The van der Waals surface area contributed by atoms with E-state index in [2.05, 4.69) is 31.0 Å². The van der Waals surface area contributed by atoms with Crippen molar-refractivity contribution in [3.63, 3.8) is 0 Å². The highest BCUT2D eigenvalue weighted by Gasteiger charge is 2.30. The van der Waals surface area contributed by atoms with E-state index in [1.807, 2.05) is 5.32 Å². The van der Waals surface area contributed by atoms with Gasteiger partial charge in [-0.05, 0) is 25.0 Å². The molecule has 182 valence electrons. The summed E-state index contributed by atoms with van der Waals surface area (Å²) in [5, 5.41) is 19.1. The highest BCUT2D eigenvalue weighted by atomic mass is 16.5. The Hall–Kier alpha value is -4.55. The molecule has 2 aromatic heterocycles. The van der Waals surface area contributed by atoms with Crippen LogP contribution in [0, 0.1) is 5.92 Å². The molecule has 4 rings (SSSR count). The predicted octanol–water partition coefficient (Wildman–Crippen LogP) is 1.69. The summed E-state index contributed by atoms with van der Waals surface area (Å²) in [6, 6.07) is 6.24. The first kappa shape index (κ1) is 19.9. The van der Waals surface area contributed by atoms with Gasteiger partial charge in [-0.15, -0.1) is 10.2 Å². The smallest absolute Gasteiger partial charge is 0.316 e. The average molecular weight is 484 g/mol. The minimum absolute atomic E-state index is 0.0416. The van der Waals surface area contributed by atoms with Crippen molar-refractivity contribution >= 4 is 34.9 Å². The molecule has 3 aromatic rings. The molecule has 1 aromatic carbocycles. The van der Waals surface area contributed by atoms with E-state index in [0.29, 0.717) is 11.3 Å². The zero-order chi connectivity index (χ0) is 27.6. The zero-order valence-corrected chi connectivity index (χ0v) is 19.1. The minimum Gasteiger partial charge on any atom is -0.494 e. The molecule has 1 saturated carbocycles. The van der Waals surface area contributed by atoms with Crippen LogP contribution in [0.2, 0.25) is 0 Å². The van der Waals surface area contributed by atoms with Crippen LogP contribution in [0.3, 0.4) is 0 Å². The van der Waals surface area contributed by atoms with Gasteiger partial charge in [0, 0.05) is 37.2 Å². The Balaban J connectivity index is 1.71. The van der Waals surface area contributed by atoms with Crippen molar-refractivity contribution in [3.8, 4) is 17.1 Å². The van der Waals surface area contributed by atoms with Crippen molar-refractivity contribution < 1.29 is 27.8 Å². The van der Waals surface area contributed by atoms with Crippen LogP contribution < -0.4 is 20.7 Å². The molecule has 0 spiro atoms. The lowest BCUT2D eigenvalue weighted by atomic mass is 10.1. The molecule has 1 aliphatic carbocycles. The molecular weight excluding hydrogens is 456 g/mol. The lowest BCUT2D eigenvalue weighted by molar-refractivity contribution is -0.117. The molecule has 13 heteroatoms. The van der Waals surface area contributed by atoms with E-state index in [4.69, 9.17) is 13.4 Å². The van der Waals surface area contributed by atoms with Gasteiger partial charge in [0.2, 0.25) is 11.7 Å². The molecule has 0 unspecified atom stereocenters. The van der Waals surface area contributed by atoms with Crippen LogP contribution in [0.1, 0.15) is 38.1 Å². The normalized spacial score (nSPS) is 14.2. The minimum atomic E-state index is -2.77. The number of amides is 3. The van der Waals surface area contributed by atoms with E-state index in [9.17, 15) is 14.4 Å². The van der Waals surface area contributed by atoms with Crippen LogP contribution in [-0.2, 0) is 4.79 Å². The molecule has 1 aliphatic rings. The second kappa shape index (κ2) is 9.75. The Bertz CT molecular complexity index is 1390. The van der Waals surface area contributed by atoms with Gasteiger partial charge < -0.3 is 30.1 Å². The molecule has 0 bridgehead atoms. The van der Waals surface area contributed by atoms with Gasteiger partial charge in [0.05, 0.1) is 24.0 Å². The van der Waals surface area contributed by atoms with E-state index >= 15 is 0 Å². The quantitative estimate of drug-likeness (QED) is 0.429. The third kappa shape index (κ3) is 5.03. The highest BCUT2D eigenvalue weighted by Crippen LogP contribution is 2.37. The molecule has 2 heterocycles. The number of nitrogens with zero attached hydrogens (tertiary/aromatic N) is 5. The number of aromatic nitrogens is 4. The molecule has 3 amide bonds. The maximum atomic E-state index is 12.7. The molecule has 0 aliphatic heterocycles. The Morgan fingerprint density at radius 3 is 2.69 bits per heavy atom. The molecule has 35 heavy (non-hydrogen) atoms. The average Bonchev–Trinajstić information content (AvgIpc) is 3.59. The van der Waals surface area contributed by atoms with Crippen LogP contribution in [-0.4, -0.2) is 71.1 Å². The number of carbonyl (C=O) groups is 3. The number of nitrogens with one attached hydrogen (secondary N) is 3. The Kier molecular flexibility index (Phi) is 5.54. The molecule has 0 radical (unpaired) electrons. The van der Waals surface area contributed by atoms with Gasteiger partial charge in [0.15, 0.2) is 17.3 Å². The summed E-state index contributed by atoms with van der Waals surface area (Å²) in [4.78, 5) is 42.5. The number of anilines is 3. The van der Waals surface area contributed by atoms with Crippen molar-refractivity contribution in [2.45, 2.75) is 12.8 Å². The predicted molar refractivity (Wildman–Crippen MR) is 124 cm³/mol. The maximum Gasteiger partial charge on any atom is 0.316 e. The summed E-state index contributed by atoms with van der Waals surface area (Å²) < 4.78 is 32.7. The third-order valence-corrected chi connectivity index (χ3v) is 5.07. The Labute approximate surface area is 204 Å². The second-order valence-corrected chi connectivity index (χ2v) is 7.84. The largest absolute Gasteiger partial charge is 0.494 e. The summed E-state index contributed by atoms with van der Waals surface area (Å²) in [5.41, 5.74) is 0.374. The summed E-state index contributed by atoms with van der Waals surface area (Å²) in [6.45, 7) is -2.77. The van der Waals surface area contributed by atoms with Crippen LogP contribution in [0.5, 0.6) is 5.75 Å². The van der Waals surface area contributed by atoms with Crippen molar-refractivity contribution in [1.29, 1.82) is 0 Å². The number of carbonyl (C=O) groups excluding carboxylic acids is 3. The van der Waals surface area contributed by atoms with Crippen molar-refractivity contribution in [1.82, 2.24) is 30.6 Å². The van der Waals surface area contributed by atoms with Gasteiger partial charge in [-0.2, -0.15) is 4.98 Å².